The predicted molar refractivity (Wildman–Crippen MR) is 120 cm³/mol. The van der Waals surface area contributed by atoms with E-state index in [0.29, 0.717) is 5.75 Å². The number of likely N-dealkylation sites (tertiary alicyclic amines) is 1. The van der Waals surface area contributed by atoms with E-state index in [4.69, 9.17) is 0 Å². The fourth-order valence-corrected chi connectivity index (χ4v) is 7.38. The van der Waals surface area contributed by atoms with Crippen molar-refractivity contribution in [3.05, 3.63) is 60.2 Å². The van der Waals surface area contributed by atoms with Gasteiger partial charge in [0.25, 0.3) is 10.0 Å². The third-order valence-corrected chi connectivity index (χ3v) is 8.96. The topological polar surface area (TPSA) is 116 Å². The van der Waals surface area contributed by atoms with E-state index in [-0.39, 0.29) is 35.5 Å². The van der Waals surface area contributed by atoms with Gasteiger partial charge in [-0.3, -0.25) is 9.59 Å². The minimum atomic E-state index is -4.06. The van der Waals surface area contributed by atoms with Crippen molar-refractivity contribution in [3.8, 4) is 0 Å². The van der Waals surface area contributed by atoms with Crippen LogP contribution in [0.4, 0.5) is 5.69 Å². The molecule has 2 aromatic carbocycles. The average Bonchev–Trinajstić information content (AvgIpc) is 3.21. The zero-order valence-corrected chi connectivity index (χ0v) is 18.6. The Morgan fingerprint density at radius 1 is 1.09 bits per heavy atom. The van der Waals surface area contributed by atoms with Gasteiger partial charge in [0.15, 0.2) is 11.7 Å². The van der Waals surface area contributed by atoms with Gasteiger partial charge in [0.2, 0.25) is 5.91 Å². The fourth-order valence-electron chi connectivity index (χ4n) is 4.55. The molecule has 0 spiro atoms. The van der Waals surface area contributed by atoms with Crippen LogP contribution in [0, 0.1) is 17.8 Å². The van der Waals surface area contributed by atoms with Gasteiger partial charge in [0.1, 0.15) is 10.7 Å². The van der Waals surface area contributed by atoms with E-state index in [1.807, 2.05) is 30.3 Å². The summed E-state index contributed by atoms with van der Waals surface area (Å²) in [5.41, 5.74) is 1.19. The monoisotopic (exact) mass is 471 g/mol. The van der Waals surface area contributed by atoms with E-state index in [1.165, 1.54) is 17.8 Å². The summed E-state index contributed by atoms with van der Waals surface area (Å²) in [5, 5.41) is 12.4. The van der Waals surface area contributed by atoms with Crippen LogP contribution in [0.15, 0.2) is 63.9 Å². The van der Waals surface area contributed by atoms with Crippen LogP contribution in [0.25, 0.3) is 0 Å². The van der Waals surface area contributed by atoms with Crippen molar-refractivity contribution >= 4 is 45.0 Å². The molecule has 0 bridgehead atoms. The van der Waals surface area contributed by atoms with E-state index >= 15 is 0 Å². The SMILES string of the molecule is O=C1C(C2=NS(=O)(=O)c3ccccc3N2)C(=O)N(Cc2ccccc2)C2SCC(CO)C12. The maximum Gasteiger partial charge on any atom is 0.286 e. The number of ketones is 1. The first-order valence-electron chi connectivity index (χ1n) is 10.2. The lowest BCUT2D eigenvalue weighted by atomic mass is 9.79. The molecule has 2 fully saturated rings. The number of carbonyl (C=O) groups excluding carboxylic acids is 2. The number of nitrogens with one attached hydrogen (secondary N) is 1. The quantitative estimate of drug-likeness (QED) is 0.653. The van der Waals surface area contributed by atoms with Crippen LogP contribution in [-0.2, 0) is 26.2 Å². The van der Waals surface area contributed by atoms with Crippen LogP contribution in [-0.4, -0.2) is 53.7 Å². The number of anilines is 1. The fraction of sp³-hybridized carbons (Fsp3) is 0.318. The number of aliphatic hydroxyl groups excluding tert-OH is 1. The first kappa shape index (κ1) is 21.2. The van der Waals surface area contributed by atoms with Crippen LogP contribution < -0.4 is 5.32 Å². The van der Waals surface area contributed by atoms with Crippen molar-refractivity contribution in [1.29, 1.82) is 0 Å². The number of piperidine rings is 1. The van der Waals surface area contributed by atoms with E-state index < -0.39 is 38.9 Å². The first-order valence-corrected chi connectivity index (χ1v) is 12.7. The highest BCUT2D eigenvalue weighted by Gasteiger charge is 2.56. The molecule has 2 N–H and O–H groups in total. The van der Waals surface area contributed by atoms with E-state index in [2.05, 4.69) is 9.71 Å². The third-order valence-electron chi connectivity index (χ3n) is 6.10. The Balaban J connectivity index is 1.57. The number of hydrogen-bond donors (Lipinski definition) is 2. The second kappa shape index (κ2) is 8.02. The number of Topliss-reactive ketones (excluding diaryl/α,β-unsaturated/α-hetero) is 1. The highest BCUT2D eigenvalue weighted by molar-refractivity contribution is 8.00. The molecule has 5 rings (SSSR count). The second-order valence-corrected chi connectivity index (χ2v) is 10.8. The number of amides is 1. The molecule has 3 aliphatic heterocycles. The van der Waals surface area contributed by atoms with Crippen molar-refractivity contribution in [2.45, 2.75) is 16.8 Å². The Morgan fingerprint density at radius 2 is 1.81 bits per heavy atom. The van der Waals surface area contributed by atoms with Gasteiger partial charge in [0.05, 0.1) is 17.0 Å². The number of carbonyl (C=O) groups is 2. The molecule has 0 aromatic heterocycles. The van der Waals surface area contributed by atoms with Crippen LogP contribution >= 0.6 is 11.8 Å². The predicted octanol–water partition coefficient (Wildman–Crippen LogP) is 1.72. The number of aliphatic hydroxyl groups is 1. The summed E-state index contributed by atoms with van der Waals surface area (Å²) in [5.74, 6) is -2.77. The molecular formula is C22H21N3O5S2. The molecule has 166 valence electrons. The largest absolute Gasteiger partial charge is 0.396 e. The minimum Gasteiger partial charge on any atom is -0.396 e. The van der Waals surface area contributed by atoms with Gasteiger partial charge in [-0.15, -0.1) is 16.2 Å². The summed E-state index contributed by atoms with van der Waals surface area (Å²) in [6.07, 6.45) is 0. The third kappa shape index (κ3) is 3.42. The molecule has 8 nitrogen and oxygen atoms in total. The Morgan fingerprint density at radius 3 is 2.56 bits per heavy atom. The van der Waals surface area contributed by atoms with Gasteiger partial charge in [-0.05, 0) is 17.7 Å². The number of para-hydroxylation sites is 1. The number of benzene rings is 2. The molecule has 2 saturated heterocycles. The lowest BCUT2D eigenvalue weighted by Gasteiger charge is -2.41. The molecule has 32 heavy (non-hydrogen) atoms. The lowest BCUT2D eigenvalue weighted by Crippen LogP contribution is -2.58. The molecule has 4 unspecified atom stereocenters. The summed E-state index contributed by atoms with van der Waals surface area (Å²) >= 11 is 1.48. The number of fused-ring (bicyclic) bond motifs is 2. The molecule has 0 radical (unpaired) electrons. The first-order chi connectivity index (χ1) is 15.4. The molecule has 10 heteroatoms. The zero-order valence-electron chi connectivity index (χ0n) is 16.9. The maximum atomic E-state index is 13.6. The normalized spacial score (nSPS) is 28.5. The zero-order chi connectivity index (χ0) is 22.5. The van der Waals surface area contributed by atoms with Crippen molar-refractivity contribution in [3.63, 3.8) is 0 Å². The van der Waals surface area contributed by atoms with Crippen molar-refractivity contribution in [2.75, 3.05) is 17.7 Å². The number of sulfonamides is 1. The summed E-state index contributed by atoms with van der Waals surface area (Å²) in [6, 6.07) is 15.7. The highest BCUT2D eigenvalue weighted by atomic mass is 32.2. The number of hydrogen-bond acceptors (Lipinski definition) is 7. The van der Waals surface area contributed by atoms with E-state index in [9.17, 15) is 23.1 Å². The highest BCUT2D eigenvalue weighted by Crippen LogP contribution is 2.45. The number of thioether (sulfide) groups is 1. The van der Waals surface area contributed by atoms with Crippen LogP contribution in [0.5, 0.6) is 0 Å². The average molecular weight is 472 g/mol. The lowest BCUT2D eigenvalue weighted by molar-refractivity contribution is -0.149. The number of amidine groups is 1. The summed E-state index contributed by atoms with van der Waals surface area (Å²) < 4.78 is 29.3. The molecule has 3 heterocycles. The smallest absolute Gasteiger partial charge is 0.286 e. The van der Waals surface area contributed by atoms with Crippen LogP contribution in [0.2, 0.25) is 0 Å². The Hall–Kier alpha value is -2.69. The maximum absolute atomic E-state index is 13.6. The minimum absolute atomic E-state index is 0.00290. The van der Waals surface area contributed by atoms with Gasteiger partial charge < -0.3 is 15.3 Å². The standard InChI is InChI=1S/C22H21N3O5S2/c26-11-14-12-31-22-17(14)19(27)18(21(28)25(22)10-13-6-2-1-3-7-13)20-23-15-8-4-5-9-16(15)32(29,30)24-20/h1-9,14,17-18,22,26H,10-12H2,(H,23,24). The molecule has 3 aliphatic rings. The molecule has 0 saturated carbocycles. The Bertz CT molecular complexity index is 1220. The van der Waals surface area contributed by atoms with Crippen molar-refractivity contribution in [2.24, 2.45) is 22.2 Å². The molecular weight excluding hydrogens is 450 g/mol. The van der Waals surface area contributed by atoms with E-state index in [0.717, 1.165) is 5.56 Å². The number of nitrogens with zero attached hydrogens (tertiary/aromatic N) is 2. The van der Waals surface area contributed by atoms with Crippen molar-refractivity contribution < 1.29 is 23.1 Å². The molecule has 1 amide bonds. The van der Waals surface area contributed by atoms with Crippen molar-refractivity contribution in [1.82, 2.24) is 4.90 Å². The van der Waals surface area contributed by atoms with Gasteiger partial charge in [0, 0.05) is 24.8 Å². The van der Waals surface area contributed by atoms with Gasteiger partial charge in [-0.25, -0.2) is 0 Å². The summed E-state index contributed by atoms with van der Waals surface area (Å²) in [4.78, 5) is 28.8. The summed E-state index contributed by atoms with van der Waals surface area (Å²) in [6.45, 7) is 0.105. The van der Waals surface area contributed by atoms with Crippen LogP contribution in [0.3, 0.4) is 0 Å². The Kier molecular flexibility index (Phi) is 5.31. The Labute approximate surface area is 189 Å². The van der Waals surface area contributed by atoms with Gasteiger partial charge in [-0.2, -0.15) is 8.42 Å². The second-order valence-electron chi connectivity index (χ2n) is 8.05. The molecule has 4 atom stereocenters. The summed E-state index contributed by atoms with van der Waals surface area (Å²) in [7, 11) is -4.06. The van der Waals surface area contributed by atoms with Gasteiger partial charge >= 0.3 is 0 Å². The van der Waals surface area contributed by atoms with Gasteiger partial charge in [-0.1, -0.05) is 42.5 Å². The van der Waals surface area contributed by atoms with Crippen LogP contribution in [0.1, 0.15) is 5.56 Å². The van der Waals surface area contributed by atoms with E-state index in [1.54, 1.807) is 23.1 Å². The molecule has 0 aliphatic carbocycles. The number of rotatable bonds is 4. The molecule has 2 aromatic rings.